The van der Waals surface area contributed by atoms with Crippen molar-refractivity contribution in [3.05, 3.63) is 58.1 Å². The van der Waals surface area contributed by atoms with Crippen molar-refractivity contribution in [1.29, 1.82) is 0 Å². The Morgan fingerprint density at radius 3 is 1.57 bits per heavy atom. The molecule has 2 nitrogen and oxygen atoms in total. The number of hydrogen-bond acceptors (Lipinski definition) is 2. The second-order valence-corrected chi connectivity index (χ2v) is 8.51. The molecule has 0 radical (unpaired) electrons. The van der Waals surface area contributed by atoms with E-state index in [9.17, 15) is 0 Å². The average Bonchev–Trinajstić information content (AvgIpc) is 3.11. The van der Waals surface area contributed by atoms with Crippen LogP contribution in [-0.2, 0) is 0 Å². The van der Waals surface area contributed by atoms with Crippen LogP contribution in [0.2, 0.25) is 0 Å². The Balaban J connectivity index is 0.00000136. The molecular formula is C26H40N2. The number of hydrogen-bond donors (Lipinski definition) is 0. The first kappa shape index (κ1) is 22.3. The van der Waals surface area contributed by atoms with Crippen molar-refractivity contribution in [3.63, 3.8) is 0 Å². The lowest BCUT2D eigenvalue weighted by Gasteiger charge is -2.29. The lowest BCUT2D eigenvalue weighted by Crippen LogP contribution is -2.28. The van der Waals surface area contributed by atoms with Gasteiger partial charge in [0.05, 0.1) is 6.67 Å². The first-order valence-corrected chi connectivity index (χ1v) is 11.0. The number of aryl methyl sites for hydroxylation is 3. The first-order chi connectivity index (χ1) is 13.3. The highest BCUT2D eigenvalue weighted by atomic mass is 15.4. The Hall–Kier alpha value is -1.96. The minimum Gasteiger partial charge on any atom is -0.352 e. The molecule has 0 bridgehead atoms. The Bertz CT molecular complexity index is 740. The molecule has 1 aliphatic rings. The summed E-state index contributed by atoms with van der Waals surface area (Å²) in [4.78, 5) is 5.16. The molecule has 2 heteroatoms. The van der Waals surface area contributed by atoms with Gasteiger partial charge < -0.3 is 9.80 Å². The van der Waals surface area contributed by atoms with Crippen LogP contribution in [-0.4, -0.2) is 19.8 Å². The van der Waals surface area contributed by atoms with E-state index in [0.29, 0.717) is 11.8 Å². The van der Waals surface area contributed by atoms with E-state index in [0.717, 1.165) is 19.8 Å². The average molecular weight is 381 g/mol. The summed E-state index contributed by atoms with van der Waals surface area (Å²) < 4.78 is 0. The number of para-hydroxylation sites is 1. The Morgan fingerprint density at radius 2 is 1.14 bits per heavy atom. The topological polar surface area (TPSA) is 6.48 Å². The zero-order valence-electron chi connectivity index (χ0n) is 19.6. The van der Waals surface area contributed by atoms with Crippen molar-refractivity contribution in [2.45, 2.75) is 74.1 Å². The van der Waals surface area contributed by atoms with Crippen LogP contribution in [0.25, 0.3) is 0 Å². The van der Waals surface area contributed by atoms with E-state index in [2.05, 4.69) is 88.6 Å². The molecule has 0 aliphatic carbocycles. The minimum atomic E-state index is 0.542. The van der Waals surface area contributed by atoms with Gasteiger partial charge >= 0.3 is 0 Å². The molecule has 3 rings (SSSR count). The Morgan fingerprint density at radius 1 is 0.714 bits per heavy atom. The van der Waals surface area contributed by atoms with Crippen molar-refractivity contribution in [3.8, 4) is 0 Å². The summed E-state index contributed by atoms with van der Waals surface area (Å²) in [6.07, 6.45) is 0. The SMILES string of the molecule is CC.Cc1cc(C)c(N2CCN(c3c(C(C)C)cccc3C(C)C)C2)c(C)c1. The maximum Gasteiger partial charge on any atom is 0.0904 e. The fourth-order valence-electron chi connectivity index (χ4n) is 4.50. The summed E-state index contributed by atoms with van der Waals surface area (Å²) in [7, 11) is 0. The maximum atomic E-state index is 2.60. The van der Waals surface area contributed by atoms with Crippen LogP contribution in [0.1, 0.15) is 81.2 Å². The molecule has 0 unspecified atom stereocenters. The number of rotatable bonds is 4. The van der Waals surface area contributed by atoms with E-state index in [1.165, 1.54) is 39.2 Å². The number of nitrogens with zero attached hydrogens (tertiary/aromatic N) is 2. The van der Waals surface area contributed by atoms with E-state index in [-0.39, 0.29) is 0 Å². The van der Waals surface area contributed by atoms with Gasteiger partial charge in [-0.25, -0.2) is 0 Å². The maximum absolute atomic E-state index is 2.60. The molecule has 1 aliphatic heterocycles. The first-order valence-electron chi connectivity index (χ1n) is 11.0. The van der Waals surface area contributed by atoms with Crippen molar-refractivity contribution in [1.82, 2.24) is 0 Å². The summed E-state index contributed by atoms with van der Waals surface area (Å²) in [6.45, 7) is 23.1. The molecule has 0 spiro atoms. The van der Waals surface area contributed by atoms with Crippen LogP contribution in [0, 0.1) is 20.8 Å². The summed E-state index contributed by atoms with van der Waals surface area (Å²) in [6, 6.07) is 11.5. The third-order valence-corrected chi connectivity index (χ3v) is 5.59. The van der Waals surface area contributed by atoms with Gasteiger partial charge in [0.1, 0.15) is 0 Å². The molecule has 2 aromatic carbocycles. The van der Waals surface area contributed by atoms with Crippen molar-refractivity contribution >= 4 is 11.4 Å². The standard InChI is InChI=1S/C24H34N2.C2H6/c1-16(2)21-9-8-10-22(17(3)4)24(21)26-12-11-25(15-26)23-19(6)13-18(5)14-20(23)7;1-2/h8-10,13-14,16-17H,11-12,15H2,1-7H3;1-2H3. The smallest absolute Gasteiger partial charge is 0.0904 e. The van der Waals surface area contributed by atoms with Crippen molar-refractivity contribution < 1.29 is 0 Å². The van der Waals surface area contributed by atoms with Gasteiger partial charge in [-0.15, -0.1) is 0 Å². The highest BCUT2D eigenvalue weighted by Gasteiger charge is 2.27. The fraction of sp³-hybridized carbons (Fsp3) is 0.538. The highest BCUT2D eigenvalue weighted by Crippen LogP contribution is 2.38. The molecule has 1 saturated heterocycles. The third-order valence-electron chi connectivity index (χ3n) is 5.59. The molecule has 0 saturated carbocycles. The van der Waals surface area contributed by atoms with Crippen LogP contribution in [0.3, 0.4) is 0 Å². The van der Waals surface area contributed by atoms with E-state index in [4.69, 9.17) is 0 Å². The van der Waals surface area contributed by atoms with E-state index in [1.54, 1.807) is 0 Å². The molecule has 0 amide bonds. The second-order valence-electron chi connectivity index (χ2n) is 8.51. The molecule has 0 N–H and O–H groups in total. The van der Waals surface area contributed by atoms with Gasteiger partial charge in [0.2, 0.25) is 0 Å². The van der Waals surface area contributed by atoms with Crippen LogP contribution in [0.15, 0.2) is 30.3 Å². The number of benzene rings is 2. The van der Waals surface area contributed by atoms with Crippen LogP contribution in [0.5, 0.6) is 0 Å². The molecule has 1 fully saturated rings. The normalized spacial score (nSPS) is 14.0. The van der Waals surface area contributed by atoms with E-state index in [1.807, 2.05) is 13.8 Å². The van der Waals surface area contributed by atoms with Crippen LogP contribution in [0.4, 0.5) is 11.4 Å². The molecule has 1 heterocycles. The molecule has 28 heavy (non-hydrogen) atoms. The summed E-state index contributed by atoms with van der Waals surface area (Å²) in [5.74, 6) is 1.08. The second kappa shape index (κ2) is 9.49. The largest absolute Gasteiger partial charge is 0.352 e. The third kappa shape index (κ3) is 4.54. The van der Waals surface area contributed by atoms with Gasteiger partial charge in [-0.2, -0.15) is 0 Å². The summed E-state index contributed by atoms with van der Waals surface area (Å²) in [5, 5.41) is 0. The summed E-state index contributed by atoms with van der Waals surface area (Å²) in [5.41, 5.74) is 10.0. The Labute approximate surface area is 173 Å². The molecule has 2 aromatic rings. The lowest BCUT2D eigenvalue weighted by molar-refractivity contribution is 0.807. The van der Waals surface area contributed by atoms with Crippen LogP contribution >= 0.6 is 0 Å². The van der Waals surface area contributed by atoms with Gasteiger partial charge in [0, 0.05) is 24.5 Å². The highest BCUT2D eigenvalue weighted by molar-refractivity contribution is 5.67. The van der Waals surface area contributed by atoms with Gasteiger partial charge in [-0.05, 0) is 54.9 Å². The molecular weight excluding hydrogens is 340 g/mol. The van der Waals surface area contributed by atoms with Gasteiger partial charge in [0.15, 0.2) is 0 Å². The quantitative estimate of drug-likeness (QED) is 0.555. The van der Waals surface area contributed by atoms with E-state index < -0.39 is 0 Å². The summed E-state index contributed by atoms with van der Waals surface area (Å²) >= 11 is 0. The zero-order chi connectivity index (χ0) is 21.0. The van der Waals surface area contributed by atoms with Gasteiger partial charge in [-0.1, -0.05) is 77.4 Å². The van der Waals surface area contributed by atoms with Crippen LogP contribution < -0.4 is 9.80 Å². The van der Waals surface area contributed by atoms with Gasteiger partial charge in [0.25, 0.3) is 0 Å². The Kier molecular flexibility index (Phi) is 7.57. The van der Waals surface area contributed by atoms with Crippen molar-refractivity contribution in [2.24, 2.45) is 0 Å². The predicted octanol–water partition coefficient (Wildman–Crippen LogP) is 7.17. The van der Waals surface area contributed by atoms with E-state index >= 15 is 0 Å². The fourth-order valence-corrected chi connectivity index (χ4v) is 4.50. The monoisotopic (exact) mass is 380 g/mol. The van der Waals surface area contributed by atoms with Gasteiger partial charge in [-0.3, -0.25) is 0 Å². The lowest BCUT2D eigenvalue weighted by atomic mass is 9.92. The minimum absolute atomic E-state index is 0.542. The molecule has 0 aromatic heterocycles. The number of anilines is 2. The zero-order valence-corrected chi connectivity index (χ0v) is 19.6. The van der Waals surface area contributed by atoms with Crippen molar-refractivity contribution in [2.75, 3.05) is 29.6 Å². The predicted molar refractivity (Wildman–Crippen MR) is 126 cm³/mol. The molecule has 154 valence electrons. The molecule has 0 atom stereocenters.